The maximum absolute atomic E-state index is 8.34. The largest absolute Gasteiger partial charge is 0.374 e. The molecule has 2 heteroatoms. The van der Waals surface area contributed by atoms with E-state index in [9.17, 15) is 0 Å². The van der Waals surface area contributed by atoms with Gasteiger partial charge in [0.05, 0.1) is 12.2 Å². The summed E-state index contributed by atoms with van der Waals surface area (Å²) >= 11 is 0. The zero-order chi connectivity index (χ0) is 17.0. The lowest BCUT2D eigenvalue weighted by Crippen LogP contribution is -2.41. The van der Waals surface area contributed by atoms with Gasteiger partial charge in [-0.3, -0.25) is 0 Å². The van der Waals surface area contributed by atoms with Gasteiger partial charge in [-0.25, -0.2) is 0 Å². The van der Waals surface area contributed by atoms with Gasteiger partial charge in [0.2, 0.25) is 0 Å². The van der Waals surface area contributed by atoms with Crippen molar-refractivity contribution in [3.8, 4) is 0 Å². The molecule has 128 valence electrons. The molecule has 2 atom stereocenters. The van der Waals surface area contributed by atoms with Crippen LogP contribution in [0.2, 0.25) is 0 Å². The number of rotatable bonds is 6. The summed E-state index contributed by atoms with van der Waals surface area (Å²) in [4.78, 5) is 0. The number of allylic oxidation sites excluding steroid dienone is 2. The normalized spacial score (nSPS) is 27.6. The van der Waals surface area contributed by atoms with Crippen LogP contribution in [0.15, 0.2) is 12.2 Å². The number of hydrogen-bond acceptors (Lipinski definition) is 2. The predicted molar refractivity (Wildman–Crippen MR) is 96.7 cm³/mol. The summed E-state index contributed by atoms with van der Waals surface area (Å²) in [7, 11) is 0. The van der Waals surface area contributed by atoms with Gasteiger partial charge < -0.3 is 10.1 Å². The number of nitrogens with one attached hydrogen (secondary N) is 1. The van der Waals surface area contributed by atoms with Crippen molar-refractivity contribution < 1.29 is 4.74 Å². The topological polar surface area (TPSA) is 33.1 Å². The molecule has 0 amide bonds. The lowest BCUT2D eigenvalue weighted by atomic mass is 9.71. The molecule has 0 aromatic carbocycles. The Labute approximate surface area is 138 Å². The van der Waals surface area contributed by atoms with E-state index >= 15 is 0 Å². The molecule has 0 aliphatic heterocycles. The molecule has 1 rings (SSSR count). The van der Waals surface area contributed by atoms with Crippen molar-refractivity contribution in [2.75, 3.05) is 0 Å². The third-order valence-electron chi connectivity index (χ3n) is 5.88. The van der Waals surface area contributed by atoms with Gasteiger partial charge in [-0.05, 0) is 63.4 Å². The fourth-order valence-electron chi connectivity index (χ4n) is 3.56. The van der Waals surface area contributed by atoms with Crippen molar-refractivity contribution in [3.63, 3.8) is 0 Å². The molecule has 22 heavy (non-hydrogen) atoms. The summed E-state index contributed by atoms with van der Waals surface area (Å²) in [6.45, 7) is 15.5. The minimum Gasteiger partial charge on any atom is -0.374 e. The summed E-state index contributed by atoms with van der Waals surface area (Å²) in [6.07, 6.45) is 10.2. The van der Waals surface area contributed by atoms with Crippen molar-refractivity contribution in [2.24, 2.45) is 16.7 Å². The minimum absolute atomic E-state index is 0.0948. The highest BCUT2D eigenvalue weighted by Gasteiger charge is 2.37. The average molecular weight is 308 g/mol. The smallest absolute Gasteiger partial charge is 0.0659 e. The van der Waals surface area contributed by atoms with Gasteiger partial charge in [0.25, 0.3) is 0 Å². The fraction of sp³-hybridized carbons (Fsp3) is 0.850. The molecule has 0 aromatic heterocycles. The molecule has 1 aliphatic carbocycles. The van der Waals surface area contributed by atoms with E-state index in [1.807, 2.05) is 19.1 Å². The van der Waals surface area contributed by atoms with E-state index < -0.39 is 0 Å². The summed E-state index contributed by atoms with van der Waals surface area (Å²) in [6, 6.07) is 0. The molecule has 0 bridgehead atoms. The van der Waals surface area contributed by atoms with Crippen LogP contribution in [0.3, 0.4) is 0 Å². The summed E-state index contributed by atoms with van der Waals surface area (Å²) in [5.41, 5.74) is 0.920. The van der Waals surface area contributed by atoms with Crippen LogP contribution in [0.4, 0.5) is 0 Å². The van der Waals surface area contributed by atoms with Crippen LogP contribution in [-0.4, -0.2) is 17.9 Å². The van der Waals surface area contributed by atoms with E-state index in [0.29, 0.717) is 17.2 Å². The van der Waals surface area contributed by atoms with E-state index in [1.54, 1.807) is 0 Å². The van der Waals surface area contributed by atoms with Crippen molar-refractivity contribution >= 4 is 5.71 Å². The maximum atomic E-state index is 8.34. The molecule has 2 nitrogen and oxygen atoms in total. The lowest BCUT2D eigenvalue weighted by Gasteiger charge is -2.41. The van der Waals surface area contributed by atoms with Gasteiger partial charge in [-0.2, -0.15) is 0 Å². The van der Waals surface area contributed by atoms with Gasteiger partial charge in [-0.1, -0.05) is 40.7 Å². The molecular formula is C20H37NO. The second-order valence-corrected chi connectivity index (χ2v) is 8.30. The van der Waals surface area contributed by atoms with Crippen LogP contribution < -0.4 is 0 Å². The lowest BCUT2D eigenvalue weighted by molar-refractivity contribution is -0.0707. The first kappa shape index (κ1) is 19.4. The van der Waals surface area contributed by atoms with Crippen molar-refractivity contribution in [3.05, 3.63) is 12.2 Å². The van der Waals surface area contributed by atoms with Crippen LogP contribution in [0, 0.1) is 22.2 Å². The Morgan fingerprint density at radius 3 is 2.14 bits per heavy atom. The quantitative estimate of drug-likeness (QED) is 0.599. The Hall–Kier alpha value is -0.630. The second-order valence-electron chi connectivity index (χ2n) is 8.30. The summed E-state index contributed by atoms with van der Waals surface area (Å²) in [5, 5.41) is 8.34. The first-order valence-electron chi connectivity index (χ1n) is 9.02. The maximum Gasteiger partial charge on any atom is 0.0659 e. The van der Waals surface area contributed by atoms with E-state index in [-0.39, 0.29) is 11.5 Å². The van der Waals surface area contributed by atoms with Crippen LogP contribution >= 0.6 is 0 Å². The molecule has 0 aromatic rings. The monoisotopic (exact) mass is 307 g/mol. The summed E-state index contributed by atoms with van der Waals surface area (Å²) < 4.78 is 6.40. The number of hydrogen-bond donors (Lipinski definition) is 1. The highest BCUT2D eigenvalue weighted by Crippen LogP contribution is 2.40. The highest BCUT2D eigenvalue weighted by atomic mass is 16.5. The van der Waals surface area contributed by atoms with Gasteiger partial charge in [-0.15, -0.1) is 0 Å². The minimum atomic E-state index is -0.187. The molecule has 1 fully saturated rings. The molecule has 0 spiro atoms. The Morgan fingerprint density at radius 2 is 1.73 bits per heavy atom. The molecule has 0 heterocycles. The van der Waals surface area contributed by atoms with E-state index in [4.69, 9.17) is 10.1 Å². The van der Waals surface area contributed by atoms with Crippen LogP contribution in [0.25, 0.3) is 0 Å². The Balaban J connectivity index is 2.62. The van der Waals surface area contributed by atoms with Crippen molar-refractivity contribution in [1.82, 2.24) is 0 Å². The third-order valence-corrected chi connectivity index (χ3v) is 5.88. The van der Waals surface area contributed by atoms with E-state index in [0.717, 1.165) is 12.3 Å². The fourth-order valence-corrected chi connectivity index (χ4v) is 3.56. The van der Waals surface area contributed by atoms with E-state index in [1.165, 1.54) is 25.7 Å². The first-order chi connectivity index (χ1) is 10.1. The van der Waals surface area contributed by atoms with Gasteiger partial charge in [0, 0.05) is 11.1 Å². The molecule has 1 aliphatic rings. The average Bonchev–Trinajstić information content (AvgIpc) is 2.46. The second kappa shape index (κ2) is 7.77. The van der Waals surface area contributed by atoms with Crippen LogP contribution in [0.5, 0.6) is 0 Å². The number of ether oxygens (including phenoxy) is 1. The Bertz CT molecular complexity index is 385. The molecule has 0 radical (unpaired) electrons. The van der Waals surface area contributed by atoms with Gasteiger partial charge in [0.1, 0.15) is 0 Å². The zero-order valence-electron chi connectivity index (χ0n) is 15.8. The van der Waals surface area contributed by atoms with Crippen molar-refractivity contribution in [1.29, 1.82) is 5.41 Å². The molecule has 0 saturated heterocycles. The Morgan fingerprint density at radius 1 is 1.18 bits per heavy atom. The first-order valence-corrected chi connectivity index (χ1v) is 9.02. The van der Waals surface area contributed by atoms with Crippen LogP contribution in [0.1, 0.15) is 80.6 Å². The van der Waals surface area contributed by atoms with Crippen molar-refractivity contribution in [2.45, 2.75) is 92.8 Å². The zero-order valence-corrected chi connectivity index (χ0v) is 15.8. The van der Waals surface area contributed by atoms with Gasteiger partial charge >= 0.3 is 0 Å². The predicted octanol–water partition coefficient (Wildman–Crippen LogP) is 6.01. The van der Waals surface area contributed by atoms with Gasteiger partial charge in [0.15, 0.2) is 0 Å². The SMILES string of the molecule is C/C=C\C(=N)[C@@](C)(CC)C(C)O[C@H]1CC[C@H](C(C)(C)C)CC1. The molecule has 1 unspecified atom stereocenters. The third kappa shape index (κ3) is 4.68. The standard InChI is InChI=1S/C20H37NO/c1-8-10-18(21)20(7,9-2)15(3)22-17-13-11-16(12-14-17)19(4,5)6/h8,10,15-17,21H,9,11-14H2,1-7H3/b10-8-,21-18?/t15?,16-,17-,20-/m0/s1. The van der Waals surface area contributed by atoms with Crippen LogP contribution in [-0.2, 0) is 4.74 Å². The molecule has 1 N–H and O–H groups in total. The highest BCUT2D eigenvalue weighted by molar-refractivity contribution is 5.97. The summed E-state index contributed by atoms with van der Waals surface area (Å²) in [5.74, 6) is 0.821. The molecule has 1 saturated carbocycles. The molecular weight excluding hydrogens is 270 g/mol. The van der Waals surface area contributed by atoms with E-state index in [2.05, 4.69) is 41.5 Å². The Kier molecular flexibility index (Phi) is 6.85.